The second kappa shape index (κ2) is 8.08. The van der Waals surface area contributed by atoms with Crippen LogP contribution < -0.4 is 15.2 Å². The number of hydrogen-bond donors (Lipinski definition) is 1. The summed E-state index contributed by atoms with van der Waals surface area (Å²) in [5.74, 6) is 2.08. The maximum Gasteiger partial charge on any atom is 0.250 e. The van der Waals surface area contributed by atoms with E-state index in [0.717, 1.165) is 24.8 Å². The highest BCUT2D eigenvalue weighted by atomic mass is 35.5. The standard InChI is InChI=1S/C17H20ClN3O3.ClH/c1-3-23-15-12(18)9-11(10-13(15)22-2)5-6-14-20-16(21-24-14)17(19)7-4-8-17;/h5-6,9-10H,3-4,7-8,19H2,1-2H3;1H/b6-5+;. The summed E-state index contributed by atoms with van der Waals surface area (Å²) in [6.45, 7) is 2.40. The van der Waals surface area contributed by atoms with Crippen LogP contribution in [0, 0.1) is 0 Å². The van der Waals surface area contributed by atoms with Crippen LogP contribution in [-0.4, -0.2) is 23.9 Å². The molecule has 0 unspecified atom stereocenters. The lowest BCUT2D eigenvalue weighted by atomic mass is 9.77. The summed E-state index contributed by atoms with van der Waals surface area (Å²) in [4.78, 5) is 4.35. The van der Waals surface area contributed by atoms with Crippen molar-refractivity contribution in [1.29, 1.82) is 0 Å². The lowest BCUT2D eigenvalue weighted by molar-refractivity contribution is 0.229. The Hall–Kier alpha value is -1.76. The van der Waals surface area contributed by atoms with E-state index in [1.165, 1.54) is 0 Å². The van der Waals surface area contributed by atoms with Gasteiger partial charge in [-0.1, -0.05) is 16.8 Å². The fourth-order valence-electron chi connectivity index (χ4n) is 2.57. The Morgan fingerprint density at radius 2 is 2.12 bits per heavy atom. The maximum atomic E-state index is 6.26. The zero-order valence-corrected chi connectivity index (χ0v) is 15.7. The van der Waals surface area contributed by atoms with Crippen molar-refractivity contribution in [3.8, 4) is 11.5 Å². The Bertz CT molecular complexity index is 758. The smallest absolute Gasteiger partial charge is 0.250 e. The quantitative estimate of drug-likeness (QED) is 0.806. The molecule has 1 aromatic heterocycles. The molecule has 1 saturated carbocycles. The largest absolute Gasteiger partial charge is 0.493 e. The average Bonchev–Trinajstić information content (AvgIpc) is 3.02. The summed E-state index contributed by atoms with van der Waals surface area (Å²) in [5, 5.41) is 4.46. The van der Waals surface area contributed by atoms with Gasteiger partial charge in [0.25, 0.3) is 5.89 Å². The Morgan fingerprint density at radius 1 is 1.36 bits per heavy atom. The highest BCUT2D eigenvalue weighted by Crippen LogP contribution is 2.38. The van der Waals surface area contributed by atoms with Gasteiger partial charge < -0.3 is 19.7 Å². The van der Waals surface area contributed by atoms with Crippen molar-refractivity contribution in [3.05, 3.63) is 34.4 Å². The summed E-state index contributed by atoms with van der Waals surface area (Å²) in [6.07, 6.45) is 6.43. The molecular weight excluding hydrogens is 365 g/mol. The van der Waals surface area contributed by atoms with Gasteiger partial charge in [0.05, 0.1) is 24.3 Å². The highest BCUT2D eigenvalue weighted by Gasteiger charge is 2.38. The summed E-state index contributed by atoms with van der Waals surface area (Å²) in [7, 11) is 1.57. The zero-order chi connectivity index (χ0) is 17.2. The number of nitrogens with zero attached hydrogens (tertiary/aromatic N) is 2. The summed E-state index contributed by atoms with van der Waals surface area (Å²) in [6, 6.07) is 3.63. The first-order valence-electron chi connectivity index (χ1n) is 7.87. The van der Waals surface area contributed by atoms with Crippen LogP contribution in [0.3, 0.4) is 0 Å². The van der Waals surface area contributed by atoms with E-state index in [1.807, 2.05) is 19.1 Å². The van der Waals surface area contributed by atoms with Crippen molar-refractivity contribution in [2.75, 3.05) is 13.7 Å². The predicted octanol–water partition coefficient (Wildman–Crippen LogP) is 4.06. The predicted molar refractivity (Wildman–Crippen MR) is 99.4 cm³/mol. The van der Waals surface area contributed by atoms with E-state index < -0.39 is 5.54 Å². The van der Waals surface area contributed by atoms with Crippen LogP contribution in [0.4, 0.5) is 0 Å². The van der Waals surface area contributed by atoms with Crippen molar-refractivity contribution in [1.82, 2.24) is 10.1 Å². The lowest BCUT2D eigenvalue weighted by Gasteiger charge is -2.34. The second-order valence-electron chi connectivity index (χ2n) is 5.77. The molecule has 0 aliphatic heterocycles. The van der Waals surface area contributed by atoms with Crippen LogP contribution in [0.15, 0.2) is 16.7 Å². The van der Waals surface area contributed by atoms with Gasteiger partial charge in [-0.2, -0.15) is 4.98 Å². The molecule has 1 fully saturated rings. The second-order valence-corrected chi connectivity index (χ2v) is 6.17. The van der Waals surface area contributed by atoms with Gasteiger partial charge in [-0.3, -0.25) is 0 Å². The number of hydrogen-bond acceptors (Lipinski definition) is 6. The summed E-state index contributed by atoms with van der Waals surface area (Å²) in [5.41, 5.74) is 6.60. The molecule has 6 nitrogen and oxygen atoms in total. The third-order valence-electron chi connectivity index (χ3n) is 4.09. The van der Waals surface area contributed by atoms with E-state index in [2.05, 4.69) is 10.1 Å². The fourth-order valence-corrected chi connectivity index (χ4v) is 2.85. The topological polar surface area (TPSA) is 83.4 Å². The van der Waals surface area contributed by atoms with E-state index >= 15 is 0 Å². The van der Waals surface area contributed by atoms with Crippen LogP contribution in [0.2, 0.25) is 5.02 Å². The van der Waals surface area contributed by atoms with Crippen LogP contribution >= 0.6 is 24.0 Å². The van der Waals surface area contributed by atoms with Gasteiger partial charge in [0.15, 0.2) is 17.3 Å². The fraction of sp³-hybridized carbons (Fsp3) is 0.412. The molecule has 1 heterocycles. The minimum absolute atomic E-state index is 0. The first-order chi connectivity index (χ1) is 11.6. The Labute approximate surface area is 157 Å². The van der Waals surface area contributed by atoms with Gasteiger partial charge in [-0.25, -0.2) is 0 Å². The molecule has 0 radical (unpaired) electrons. The van der Waals surface area contributed by atoms with Gasteiger partial charge in [0.1, 0.15) is 0 Å². The minimum Gasteiger partial charge on any atom is -0.493 e. The van der Waals surface area contributed by atoms with Crippen molar-refractivity contribution in [2.45, 2.75) is 31.7 Å². The van der Waals surface area contributed by atoms with E-state index in [1.54, 1.807) is 19.3 Å². The number of methoxy groups -OCH3 is 1. The van der Waals surface area contributed by atoms with Crippen molar-refractivity contribution < 1.29 is 14.0 Å². The number of halogens is 2. The molecule has 0 amide bonds. The summed E-state index contributed by atoms with van der Waals surface area (Å²) >= 11 is 6.26. The van der Waals surface area contributed by atoms with Gasteiger partial charge in [0, 0.05) is 6.08 Å². The molecule has 25 heavy (non-hydrogen) atoms. The SMILES string of the molecule is CCOc1c(Cl)cc(/C=C/c2nc(C3(N)CCC3)no2)cc1OC.Cl. The van der Waals surface area contributed by atoms with Crippen molar-refractivity contribution >= 4 is 36.2 Å². The van der Waals surface area contributed by atoms with Crippen molar-refractivity contribution in [3.63, 3.8) is 0 Å². The molecule has 2 N–H and O–H groups in total. The van der Waals surface area contributed by atoms with E-state index in [0.29, 0.717) is 34.8 Å². The monoisotopic (exact) mass is 385 g/mol. The number of aromatic nitrogens is 2. The lowest BCUT2D eigenvalue weighted by Crippen LogP contribution is -2.44. The molecule has 2 aromatic rings. The van der Waals surface area contributed by atoms with E-state index in [4.69, 9.17) is 31.3 Å². The van der Waals surface area contributed by atoms with Crippen LogP contribution in [0.1, 0.15) is 43.5 Å². The normalized spacial score (nSPS) is 15.5. The highest BCUT2D eigenvalue weighted by molar-refractivity contribution is 6.32. The Balaban J connectivity index is 0.00000225. The molecule has 1 aliphatic carbocycles. The third-order valence-corrected chi connectivity index (χ3v) is 4.37. The molecule has 1 aromatic carbocycles. The molecule has 1 aliphatic rings. The van der Waals surface area contributed by atoms with E-state index in [9.17, 15) is 0 Å². The maximum absolute atomic E-state index is 6.26. The number of benzene rings is 1. The summed E-state index contributed by atoms with van der Waals surface area (Å²) < 4.78 is 16.1. The molecule has 136 valence electrons. The average molecular weight is 386 g/mol. The van der Waals surface area contributed by atoms with E-state index in [-0.39, 0.29) is 12.4 Å². The van der Waals surface area contributed by atoms with Crippen LogP contribution in [0.25, 0.3) is 12.2 Å². The molecule has 0 saturated heterocycles. The zero-order valence-electron chi connectivity index (χ0n) is 14.1. The van der Waals surface area contributed by atoms with Crippen LogP contribution in [-0.2, 0) is 5.54 Å². The third kappa shape index (κ3) is 4.08. The first kappa shape index (κ1) is 19.6. The number of ether oxygens (including phenoxy) is 2. The van der Waals surface area contributed by atoms with Crippen molar-refractivity contribution in [2.24, 2.45) is 5.73 Å². The molecule has 8 heteroatoms. The first-order valence-corrected chi connectivity index (χ1v) is 8.25. The Morgan fingerprint density at radius 3 is 2.72 bits per heavy atom. The number of rotatable bonds is 6. The van der Waals surface area contributed by atoms with Crippen LogP contribution in [0.5, 0.6) is 11.5 Å². The van der Waals surface area contributed by atoms with Gasteiger partial charge >= 0.3 is 0 Å². The molecule has 0 spiro atoms. The van der Waals surface area contributed by atoms with Gasteiger partial charge in [-0.15, -0.1) is 12.4 Å². The van der Waals surface area contributed by atoms with Gasteiger partial charge in [-0.05, 0) is 50.0 Å². The minimum atomic E-state index is -0.429. The Kier molecular flexibility index (Phi) is 6.32. The molecule has 0 atom stereocenters. The number of nitrogens with two attached hydrogens (primary N) is 1. The van der Waals surface area contributed by atoms with Gasteiger partial charge in [0.2, 0.25) is 0 Å². The molecule has 3 rings (SSSR count). The molecule has 0 bridgehead atoms. The molecular formula is C17H21Cl2N3O3.